The maximum absolute atomic E-state index is 13.1. The third-order valence-corrected chi connectivity index (χ3v) is 5.67. The number of hydrogen-bond acceptors (Lipinski definition) is 1. The van der Waals surface area contributed by atoms with Gasteiger partial charge in [0.2, 0.25) is 5.92 Å². The van der Waals surface area contributed by atoms with Gasteiger partial charge in [-0.3, -0.25) is 0 Å². The molecule has 17 heavy (non-hydrogen) atoms. The minimum absolute atomic E-state index is 0.0499. The molecular formula is C14H25F2N. The van der Waals surface area contributed by atoms with Crippen molar-refractivity contribution in [2.24, 2.45) is 28.4 Å². The number of hydrogen-bond donors (Lipinski definition) is 1. The molecule has 2 rings (SSSR count). The van der Waals surface area contributed by atoms with Crippen molar-refractivity contribution in [2.75, 3.05) is 0 Å². The Morgan fingerprint density at radius 2 is 1.71 bits per heavy atom. The highest BCUT2D eigenvalue weighted by Gasteiger charge is 2.66. The quantitative estimate of drug-likeness (QED) is 0.803. The Bertz CT molecular complexity index is 295. The molecule has 2 aliphatic rings. The van der Waals surface area contributed by atoms with Gasteiger partial charge in [-0.25, -0.2) is 8.78 Å². The molecule has 2 saturated carbocycles. The molecule has 0 bridgehead atoms. The number of halogens is 2. The van der Waals surface area contributed by atoms with Gasteiger partial charge in [0, 0.05) is 18.9 Å². The predicted molar refractivity (Wildman–Crippen MR) is 65.9 cm³/mol. The monoisotopic (exact) mass is 245 g/mol. The molecule has 3 heteroatoms. The van der Waals surface area contributed by atoms with E-state index < -0.39 is 5.92 Å². The summed E-state index contributed by atoms with van der Waals surface area (Å²) in [6.07, 6.45) is 1.53. The van der Waals surface area contributed by atoms with Crippen LogP contribution >= 0.6 is 0 Å². The molecule has 2 unspecified atom stereocenters. The van der Waals surface area contributed by atoms with Crippen molar-refractivity contribution in [1.82, 2.24) is 0 Å². The van der Waals surface area contributed by atoms with Crippen LogP contribution in [-0.2, 0) is 0 Å². The SMILES string of the molecule is CC1(C)C(C(N)CC2CCC(F)(F)C2)C1(C)C. The summed E-state index contributed by atoms with van der Waals surface area (Å²) >= 11 is 0. The highest BCUT2D eigenvalue weighted by atomic mass is 19.3. The van der Waals surface area contributed by atoms with E-state index in [1.54, 1.807) is 0 Å². The first-order valence-corrected chi connectivity index (χ1v) is 6.71. The lowest BCUT2D eigenvalue weighted by atomic mass is 9.92. The van der Waals surface area contributed by atoms with Crippen LogP contribution in [0.5, 0.6) is 0 Å². The van der Waals surface area contributed by atoms with E-state index in [0.717, 1.165) is 6.42 Å². The van der Waals surface area contributed by atoms with Crippen LogP contribution in [0.1, 0.15) is 53.4 Å². The largest absolute Gasteiger partial charge is 0.327 e. The lowest BCUT2D eigenvalue weighted by Gasteiger charge is -2.18. The van der Waals surface area contributed by atoms with Gasteiger partial charge in [-0.1, -0.05) is 27.7 Å². The standard InChI is InChI=1S/C14H25F2N/c1-12(2)11(13(12,3)4)10(17)7-9-5-6-14(15,16)8-9/h9-11H,5-8,17H2,1-4H3. The summed E-state index contributed by atoms with van der Waals surface area (Å²) in [7, 11) is 0. The second-order valence-electron chi connectivity index (χ2n) is 7.29. The van der Waals surface area contributed by atoms with Crippen LogP contribution in [0.4, 0.5) is 8.78 Å². The summed E-state index contributed by atoms with van der Waals surface area (Å²) in [4.78, 5) is 0. The molecule has 100 valence electrons. The Labute approximate surface area is 103 Å². The molecule has 0 spiro atoms. The van der Waals surface area contributed by atoms with E-state index in [-0.39, 0.29) is 35.6 Å². The summed E-state index contributed by atoms with van der Waals surface area (Å²) in [6, 6.07) is 0.0823. The molecule has 0 aromatic heterocycles. The van der Waals surface area contributed by atoms with Crippen LogP contribution in [0.25, 0.3) is 0 Å². The van der Waals surface area contributed by atoms with Crippen molar-refractivity contribution in [3.8, 4) is 0 Å². The van der Waals surface area contributed by atoms with Crippen LogP contribution in [0, 0.1) is 22.7 Å². The van der Waals surface area contributed by atoms with E-state index in [0.29, 0.717) is 12.3 Å². The Morgan fingerprint density at radius 1 is 1.18 bits per heavy atom. The summed E-state index contributed by atoms with van der Waals surface area (Å²) in [5.74, 6) is -1.82. The molecule has 2 fully saturated rings. The molecule has 0 amide bonds. The Hall–Kier alpha value is -0.180. The molecule has 0 heterocycles. The average Bonchev–Trinajstić information content (AvgIpc) is 2.40. The van der Waals surface area contributed by atoms with Crippen LogP contribution < -0.4 is 5.73 Å². The van der Waals surface area contributed by atoms with E-state index in [4.69, 9.17) is 5.73 Å². The van der Waals surface area contributed by atoms with E-state index in [2.05, 4.69) is 27.7 Å². The van der Waals surface area contributed by atoms with E-state index in [1.807, 2.05) is 0 Å². The molecule has 0 aromatic carbocycles. The molecule has 1 nitrogen and oxygen atoms in total. The van der Waals surface area contributed by atoms with Crippen LogP contribution in [-0.4, -0.2) is 12.0 Å². The van der Waals surface area contributed by atoms with E-state index in [9.17, 15) is 8.78 Å². The fourth-order valence-corrected chi connectivity index (χ4v) is 4.08. The third-order valence-electron chi connectivity index (χ3n) is 5.67. The van der Waals surface area contributed by atoms with Gasteiger partial charge in [0.1, 0.15) is 0 Å². The van der Waals surface area contributed by atoms with Crippen molar-refractivity contribution in [3.05, 3.63) is 0 Å². The van der Waals surface area contributed by atoms with Crippen LogP contribution in [0.15, 0.2) is 0 Å². The molecule has 2 atom stereocenters. The second-order valence-corrected chi connectivity index (χ2v) is 7.29. The van der Waals surface area contributed by atoms with E-state index in [1.165, 1.54) is 0 Å². The maximum atomic E-state index is 13.1. The lowest BCUT2D eigenvalue weighted by Crippen LogP contribution is -2.28. The van der Waals surface area contributed by atoms with Crippen LogP contribution in [0.3, 0.4) is 0 Å². The second kappa shape index (κ2) is 3.66. The number of alkyl halides is 2. The van der Waals surface area contributed by atoms with Crippen molar-refractivity contribution >= 4 is 0 Å². The number of nitrogens with two attached hydrogens (primary N) is 1. The zero-order valence-electron chi connectivity index (χ0n) is 11.4. The molecule has 0 aromatic rings. The molecule has 0 saturated heterocycles. The van der Waals surface area contributed by atoms with E-state index >= 15 is 0 Å². The average molecular weight is 245 g/mol. The number of rotatable bonds is 3. The zero-order chi connectivity index (χ0) is 13.1. The van der Waals surface area contributed by atoms with Gasteiger partial charge in [-0.05, 0) is 35.5 Å². The molecule has 0 aliphatic heterocycles. The molecular weight excluding hydrogens is 220 g/mol. The van der Waals surface area contributed by atoms with Crippen molar-refractivity contribution in [3.63, 3.8) is 0 Å². The Kier molecular flexibility index (Phi) is 2.85. The van der Waals surface area contributed by atoms with Gasteiger partial charge in [0.05, 0.1) is 0 Å². The van der Waals surface area contributed by atoms with Crippen molar-refractivity contribution in [1.29, 1.82) is 0 Å². The Morgan fingerprint density at radius 3 is 2.06 bits per heavy atom. The fourth-order valence-electron chi connectivity index (χ4n) is 4.08. The van der Waals surface area contributed by atoms with Gasteiger partial charge in [-0.2, -0.15) is 0 Å². The van der Waals surface area contributed by atoms with Gasteiger partial charge < -0.3 is 5.73 Å². The first kappa shape index (κ1) is 13.3. The maximum Gasteiger partial charge on any atom is 0.248 e. The minimum Gasteiger partial charge on any atom is -0.327 e. The first-order chi connectivity index (χ1) is 7.58. The first-order valence-electron chi connectivity index (χ1n) is 6.71. The summed E-state index contributed by atoms with van der Waals surface area (Å²) in [5.41, 5.74) is 6.77. The normalized spacial score (nSPS) is 35.8. The smallest absolute Gasteiger partial charge is 0.248 e. The summed E-state index contributed by atoms with van der Waals surface area (Å²) in [6.45, 7) is 8.95. The third kappa shape index (κ3) is 2.11. The molecule has 2 N–H and O–H groups in total. The van der Waals surface area contributed by atoms with Gasteiger partial charge in [-0.15, -0.1) is 0 Å². The summed E-state index contributed by atoms with van der Waals surface area (Å²) in [5, 5.41) is 0. The molecule has 0 radical (unpaired) electrons. The Balaban J connectivity index is 1.90. The summed E-state index contributed by atoms with van der Waals surface area (Å²) < 4.78 is 26.2. The highest BCUT2D eigenvalue weighted by molar-refractivity contribution is 5.15. The predicted octanol–water partition coefficient (Wildman–Crippen LogP) is 3.82. The van der Waals surface area contributed by atoms with Gasteiger partial charge >= 0.3 is 0 Å². The highest BCUT2D eigenvalue weighted by Crippen LogP contribution is 2.69. The van der Waals surface area contributed by atoms with Crippen molar-refractivity contribution < 1.29 is 8.78 Å². The van der Waals surface area contributed by atoms with Gasteiger partial charge in [0.25, 0.3) is 0 Å². The minimum atomic E-state index is -2.43. The molecule has 2 aliphatic carbocycles. The van der Waals surface area contributed by atoms with Gasteiger partial charge in [0.15, 0.2) is 0 Å². The topological polar surface area (TPSA) is 26.0 Å². The lowest BCUT2D eigenvalue weighted by molar-refractivity contribution is 0.00434. The fraction of sp³-hybridized carbons (Fsp3) is 1.00. The van der Waals surface area contributed by atoms with Crippen molar-refractivity contribution in [2.45, 2.75) is 65.3 Å². The van der Waals surface area contributed by atoms with Crippen LogP contribution in [0.2, 0.25) is 0 Å². The zero-order valence-corrected chi connectivity index (χ0v) is 11.4.